The fourth-order valence-corrected chi connectivity index (χ4v) is 1.50. The summed E-state index contributed by atoms with van der Waals surface area (Å²) in [7, 11) is 0. The topological polar surface area (TPSA) is 55.1 Å². The molecular formula is C13H20N2O. The lowest BCUT2D eigenvalue weighted by Crippen LogP contribution is -2.06. The van der Waals surface area contributed by atoms with E-state index in [2.05, 4.69) is 19.2 Å². The molecule has 0 aliphatic rings. The number of hydrogen-bond acceptors (Lipinski definition) is 3. The first kappa shape index (κ1) is 12.6. The van der Waals surface area contributed by atoms with Gasteiger partial charge in [-0.15, -0.1) is 0 Å². The van der Waals surface area contributed by atoms with Gasteiger partial charge in [-0.05, 0) is 37.5 Å². The summed E-state index contributed by atoms with van der Waals surface area (Å²) >= 11 is 0. The Morgan fingerprint density at radius 2 is 2.12 bits per heavy atom. The molecule has 0 amide bonds. The second kappa shape index (κ2) is 5.54. The van der Waals surface area contributed by atoms with Crippen molar-refractivity contribution in [2.75, 3.05) is 17.6 Å². The van der Waals surface area contributed by atoms with E-state index < -0.39 is 0 Å². The Morgan fingerprint density at radius 3 is 2.62 bits per heavy atom. The average molecular weight is 220 g/mol. The van der Waals surface area contributed by atoms with E-state index in [0.717, 1.165) is 18.7 Å². The fraction of sp³-hybridized carbons (Fsp3) is 0.462. The summed E-state index contributed by atoms with van der Waals surface area (Å²) in [4.78, 5) is 11.2. The standard InChI is InChI=1S/C13H20N2O/c1-9(2)6-7-15-11-4-5-12(10(3)16)13(14)8-11/h4-5,8-9,15H,6-7,14H2,1-3H3. The lowest BCUT2D eigenvalue weighted by Gasteiger charge is -2.10. The second-order valence-corrected chi connectivity index (χ2v) is 4.47. The molecule has 0 aliphatic carbocycles. The summed E-state index contributed by atoms with van der Waals surface area (Å²) in [6, 6.07) is 5.49. The molecule has 88 valence electrons. The predicted octanol–water partition coefficient (Wildman–Crippen LogP) is 2.93. The maximum Gasteiger partial charge on any atom is 0.161 e. The fourth-order valence-electron chi connectivity index (χ4n) is 1.50. The van der Waals surface area contributed by atoms with E-state index in [1.165, 1.54) is 6.92 Å². The average Bonchev–Trinajstić information content (AvgIpc) is 2.16. The highest BCUT2D eigenvalue weighted by atomic mass is 16.1. The number of nitrogens with two attached hydrogens (primary N) is 1. The zero-order chi connectivity index (χ0) is 12.1. The molecule has 3 N–H and O–H groups in total. The largest absolute Gasteiger partial charge is 0.398 e. The summed E-state index contributed by atoms with van der Waals surface area (Å²) in [5.74, 6) is 0.688. The van der Waals surface area contributed by atoms with Gasteiger partial charge in [0, 0.05) is 23.5 Å². The Bertz CT molecular complexity index is 372. The van der Waals surface area contributed by atoms with Gasteiger partial charge in [0.15, 0.2) is 5.78 Å². The summed E-state index contributed by atoms with van der Waals surface area (Å²) in [5, 5.41) is 3.29. The quantitative estimate of drug-likeness (QED) is 0.592. The lowest BCUT2D eigenvalue weighted by molar-refractivity contribution is 0.101. The van der Waals surface area contributed by atoms with E-state index in [1.807, 2.05) is 12.1 Å². The second-order valence-electron chi connectivity index (χ2n) is 4.47. The Hall–Kier alpha value is -1.51. The number of ketones is 1. The van der Waals surface area contributed by atoms with Crippen LogP contribution in [-0.2, 0) is 0 Å². The van der Waals surface area contributed by atoms with Crippen molar-refractivity contribution in [1.82, 2.24) is 0 Å². The number of anilines is 2. The molecule has 0 saturated carbocycles. The van der Waals surface area contributed by atoms with Crippen LogP contribution >= 0.6 is 0 Å². The van der Waals surface area contributed by atoms with Crippen LogP contribution in [0.1, 0.15) is 37.6 Å². The van der Waals surface area contributed by atoms with Crippen LogP contribution in [0.15, 0.2) is 18.2 Å². The molecule has 0 bridgehead atoms. The van der Waals surface area contributed by atoms with Gasteiger partial charge in [-0.2, -0.15) is 0 Å². The summed E-state index contributed by atoms with van der Waals surface area (Å²) in [6.07, 6.45) is 1.12. The highest BCUT2D eigenvalue weighted by Crippen LogP contribution is 2.18. The van der Waals surface area contributed by atoms with Crippen LogP contribution in [-0.4, -0.2) is 12.3 Å². The maximum absolute atomic E-state index is 11.2. The van der Waals surface area contributed by atoms with Crippen molar-refractivity contribution in [3.8, 4) is 0 Å². The molecule has 0 spiro atoms. The van der Waals surface area contributed by atoms with Crippen molar-refractivity contribution in [3.63, 3.8) is 0 Å². The molecule has 0 fully saturated rings. The number of carbonyl (C=O) groups excluding carboxylic acids is 1. The van der Waals surface area contributed by atoms with Gasteiger partial charge in [-0.1, -0.05) is 13.8 Å². The molecule has 3 nitrogen and oxygen atoms in total. The molecule has 0 aromatic heterocycles. The Kier molecular flexibility index (Phi) is 4.35. The SMILES string of the molecule is CC(=O)c1ccc(NCCC(C)C)cc1N. The lowest BCUT2D eigenvalue weighted by atomic mass is 10.1. The minimum Gasteiger partial charge on any atom is -0.398 e. The van der Waals surface area contributed by atoms with E-state index in [-0.39, 0.29) is 5.78 Å². The molecule has 3 heteroatoms. The third-order valence-corrected chi connectivity index (χ3v) is 2.48. The van der Waals surface area contributed by atoms with Crippen LogP contribution in [0.5, 0.6) is 0 Å². The van der Waals surface area contributed by atoms with Gasteiger partial charge in [0.2, 0.25) is 0 Å². The van der Waals surface area contributed by atoms with Gasteiger partial charge in [0.25, 0.3) is 0 Å². The van der Waals surface area contributed by atoms with Crippen molar-refractivity contribution in [3.05, 3.63) is 23.8 Å². The molecule has 0 atom stereocenters. The van der Waals surface area contributed by atoms with Gasteiger partial charge in [-0.3, -0.25) is 4.79 Å². The van der Waals surface area contributed by atoms with Crippen molar-refractivity contribution < 1.29 is 4.79 Å². The van der Waals surface area contributed by atoms with Gasteiger partial charge in [0.1, 0.15) is 0 Å². The highest BCUT2D eigenvalue weighted by Gasteiger charge is 2.04. The zero-order valence-electron chi connectivity index (χ0n) is 10.2. The van der Waals surface area contributed by atoms with Crippen LogP contribution in [0.4, 0.5) is 11.4 Å². The van der Waals surface area contributed by atoms with Gasteiger partial charge in [0.05, 0.1) is 0 Å². The molecule has 1 rings (SSSR count). The van der Waals surface area contributed by atoms with E-state index in [4.69, 9.17) is 5.73 Å². The van der Waals surface area contributed by atoms with Crippen molar-refractivity contribution in [2.24, 2.45) is 5.92 Å². The van der Waals surface area contributed by atoms with E-state index in [0.29, 0.717) is 17.2 Å². The van der Waals surface area contributed by atoms with Crippen LogP contribution < -0.4 is 11.1 Å². The number of rotatable bonds is 5. The Balaban J connectivity index is 2.63. The first-order chi connectivity index (χ1) is 7.50. The summed E-state index contributed by atoms with van der Waals surface area (Å²) < 4.78 is 0. The Morgan fingerprint density at radius 1 is 1.44 bits per heavy atom. The van der Waals surface area contributed by atoms with Crippen molar-refractivity contribution in [1.29, 1.82) is 0 Å². The molecule has 0 radical (unpaired) electrons. The van der Waals surface area contributed by atoms with Gasteiger partial charge < -0.3 is 11.1 Å². The first-order valence-electron chi connectivity index (χ1n) is 5.65. The van der Waals surface area contributed by atoms with Crippen LogP contribution in [0.25, 0.3) is 0 Å². The molecule has 1 aromatic carbocycles. The van der Waals surface area contributed by atoms with Gasteiger partial charge >= 0.3 is 0 Å². The Labute approximate surface area is 97.0 Å². The molecular weight excluding hydrogens is 200 g/mol. The van der Waals surface area contributed by atoms with E-state index in [9.17, 15) is 4.79 Å². The number of carbonyl (C=O) groups is 1. The smallest absolute Gasteiger partial charge is 0.161 e. The summed E-state index contributed by atoms with van der Waals surface area (Å²) in [5.41, 5.74) is 7.90. The minimum absolute atomic E-state index is 0.00577. The van der Waals surface area contributed by atoms with Crippen molar-refractivity contribution >= 4 is 17.2 Å². The molecule has 16 heavy (non-hydrogen) atoms. The number of nitrogens with one attached hydrogen (secondary N) is 1. The van der Waals surface area contributed by atoms with Gasteiger partial charge in [-0.25, -0.2) is 0 Å². The monoisotopic (exact) mass is 220 g/mol. The minimum atomic E-state index is 0.00577. The predicted molar refractivity (Wildman–Crippen MR) is 68.8 cm³/mol. The number of hydrogen-bond donors (Lipinski definition) is 2. The zero-order valence-corrected chi connectivity index (χ0v) is 10.2. The first-order valence-corrected chi connectivity index (χ1v) is 5.65. The number of benzene rings is 1. The van der Waals surface area contributed by atoms with Crippen LogP contribution in [0.2, 0.25) is 0 Å². The van der Waals surface area contributed by atoms with Crippen LogP contribution in [0.3, 0.4) is 0 Å². The molecule has 0 unspecified atom stereocenters. The molecule has 0 heterocycles. The third-order valence-electron chi connectivity index (χ3n) is 2.48. The van der Waals surface area contributed by atoms with E-state index >= 15 is 0 Å². The van der Waals surface area contributed by atoms with Crippen LogP contribution in [0, 0.1) is 5.92 Å². The highest BCUT2D eigenvalue weighted by molar-refractivity contribution is 5.99. The third kappa shape index (κ3) is 3.57. The van der Waals surface area contributed by atoms with E-state index in [1.54, 1.807) is 6.07 Å². The molecule has 0 aliphatic heterocycles. The maximum atomic E-state index is 11.2. The summed E-state index contributed by atoms with van der Waals surface area (Å²) in [6.45, 7) is 6.83. The molecule has 1 aromatic rings. The number of nitrogen functional groups attached to an aromatic ring is 1. The number of Topliss-reactive ketones (excluding diaryl/α,β-unsaturated/α-hetero) is 1. The molecule has 0 saturated heterocycles. The van der Waals surface area contributed by atoms with Crippen molar-refractivity contribution in [2.45, 2.75) is 27.2 Å². The normalized spacial score (nSPS) is 10.5.